The maximum atomic E-state index is 13.9. The maximum absolute atomic E-state index is 13.9. The Kier molecular flexibility index (Phi) is 7.04. The standard InChI is InChI=1S/C24H24Cl2N2O4/c1-2-31-24(30)22-21(17-7-3-4-8-20(17)27-22)23(29)28(14-16-6-5-11-32-16)13-15-9-10-18(25)19(26)12-15/h3-4,7-10,12,16,27H,2,5-6,11,13-14H2,1H3. The topological polar surface area (TPSA) is 71.6 Å². The number of carbonyl (C=O) groups excluding carboxylic acids is 2. The molecule has 1 atom stereocenters. The molecule has 1 N–H and O–H groups in total. The van der Waals surface area contributed by atoms with Crippen molar-refractivity contribution in [2.45, 2.75) is 32.4 Å². The van der Waals surface area contributed by atoms with Crippen molar-refractivity contribution in [3.05, 3.63) is 69.3 Å². The highest BCUT2D eigenvalue weighted by molar-refractivity contribution is 6.42. The first-order chi connectivity index (χ1) is 15.5. The molecule has 2 heterocycles. The molecule has 3 aromatic rings. The lowest BCUT2D eigenvalue weighted by Gasteiger charge is -2.26. The van der Waals surface area contributed by atoms with Crippen molar-refractivity contribution >= 4 is 46.0 Å². The molecule has 4 rings (SSSR count). The monoisotopic (exact) mass is 474 g/mol. The van der Waals surface area contributed by atoms with Crippen LogP contribution in [0.2, 0.25) is 10.0 Å². The Morgan fingerprint density at radius 2 is 2.00 bits per heavy atom. The van der Waals surface area contributed by atoms with Crippen LogP contribution in [0.1, 0.15) is 46.2 Å². The van der Waals surface area contributed by atoms with Gasteiger partial charge in [0.1, 0.15) is 5.69 Å². The molecule has 1 aliphatic heterocycles. The molecule has 32 heavy (non-hydrogen) atoms. The molecule has 1 saturated heterocycles. The number of rotatable bonds is 7. The number of H-pyrrole nitrogens is 1. The smallest absolute Gasteiger partial charge is 0.355 e. The van der Waals surface area contributed by atoms with E-state index in [9.17, 15) is 9.59 Å². The minimum atomic E-state index is -0.557. The van der Waals surface area contributed by atoms with Crippen LogP contribution in [0.5, 0.6) is 0 Å². The zero-order valence-electron chi connectivity index (χ0n) is 17.7. The van der Waals surface area contributed by atoms with E-state index in [1.54, 1.807) is 24.0 Å². The highest BCUT2D eigenvalue weighted by Gasteiger charge is 2.30. The van der Waals surface area contributed by atoms with Gasteiger partial charge in [-0.3, -0.25) is 4.79 Å². The summed E-state index contributed by atoms with van der Waals surface area (Å²) in [6.07, 6.45) is 1.78. The van der Waals surface area contributed by atoms with E-state index in [2.05, 4.69) is 4.98 Å². The summed E-state index contributed by atoms with van der Waals surface area (Å²) in [7, 11) is 0. The van der Waals surface area contributed by atoms with Crippen molar-refractivity contribution in [1.29, 1.82) is 0 Å². The van der Waals surface area contributed by atoms with E-state index < -0.39 is 5.97 Å². The van der Waals surface area contributed by atoms with Gasteiger partial charge in [-0.15, -0.1) is 0 Å². The van der Waals surface area contributed by atoms with E-state index in [4.69, 9.17) is 32.7 Å². The Hall–Kier alpha value is -2.54. The molecule has 168 valence electrons. The van der Waals surface area contributed by atoms with Crippen LogP contribution in [0.15, 0.2) is 42.5 Å². The van der Waals surface area contributed by atoms with Gasteiger partial charge >= 0.3 is 5.97 Å². The molecular formula is C24H24Cl2N2O4. The maximum Gasteiger partial charge on any atom is 0.355 e. The van der Waals surface area contributed by atoms with Crippen LogP contribution >= 0.6 is 23.2 Å². The van der Waals surface area contributed by atoms with Gasteiger partial charge in [-0.25, -0.2) is 4.79 Å². The first kappa shape index (κ1) is 22.6. The number of hydrogen-bond acceptors (Lipinski definition) is 4. The van der Waals surface area contributed by atoms with E-state index in [1.165, 1.54) is 0 Å². The van der Waals surface area contributed by atoms with Crippen molar-refractivity contribution in [1.82, 2.24) is 9.88 Å². The normalized spacial score (nSPS) is 15.8. The van der Waals surface area contributed by atoms with Gasteiger partial charge in [0, 0.05) is 30.6 Å². The number of ether oxygens (including phenoxy) is 2. The molecule has 2 aromatic carbocycles. The number of aromatic nitrogens is 1. The number of halogens is 2. The van der Waals surface area contributed by atoms with Crippen LogP contribution in [0, 0.1) is 0 Å². The van der Waals surface area contributed by atoms with Crippen molar-refractivity contribution in [3.8, 4) is 0 Å². The highest BCUT2D eigenvalue weighted by atomic mass is 35.5. The molecule has 1 amide bonds. The van der Waals surface area contributed by atoms with Gasteiger partial charge in [0.25, 0.3) is 5.91 Å². The third-order valence-electron chi connectivity index (χ3n) is 5.49. The molecule has 8 heteroatoms. The lowest BCUT2D eigenvalue weighted by molar-refractivity contribution is 0.0479. The molecule has 6 nitrogen and oxygen atoms in total. The molecule has 0 spiro atoms. The number of nitrogens with zero attached hydrogens (tertiary/aromatic N) is 1. The number of hydrogen-bond donors (Lipinski definition) is 1. The van der Waals surface area contributed by atoms with E-state index in [0.717, 1.165) is 18.4 Å². The van der Waals surface area contributed by atoms with Gasteiger partial charge in [-0.1, -0.05) is 47.5 Å². The van der Waals surface area contributed by atoms with Gasteiger partial charge in [-0.2, -0.15) is 0 Å². The van der Waals surface area contributed by atoms with Crippen LogP contribution in [0.25, 0.3) is 10.9 Å². The minimum Gasteiger partial charge on any atom is -0.461 e. The fourth-order valence-electron chi connectivity index (χ4n) is 3.99. The van der Waals surface area contributed by atoms with E-state index in [-0.39, 0.29) is 24.3 Å². The number of para-hydroxylation sites is 1. The third-order valence-corrected chi connectivity index (χ3v) is 6.23. The zero-order valence-corrected chi connectivity index (χ0v) is 19.2. The Balaban J connectivity index is 1.74. The molecule has 1 fully saturated rings. The summed E-state index contributed by atoms with van der Waals surface area (Å²) >= 11 is 12.3. The Bertz CT molecular complexity index is 1140. The predicted octanol–water partition coefficient (Wildman–Crippen LogP) is 5.47. The summed E-state index contributed by atoms with van der Waals surface area (Å²) in [6, 6.07) is 12.6. The quantitative estimate of drug-likeness (QED) is 0.460. The second-order valence-corrected chi connectivity index (χ2v) is 8.52. The predicted molar refractivity (Wildman–Crippen MR) is 124 cm³/mol. The van der Waals surface area contributed by atoms with Crippen LogP contribution in [0.4, 0.5) is 0 Å². The van der Waals surface area contributed by atoms with Crippen molar-refractivity contribution < 1.29 is 19.1 Å². The Labute approximate surface area is 196 Å². The largest absolute Gasteiger partial charge is 0.461 e. The molecule has 0 saturated carbocycles. The van der Waals surface area contributed by atoms with Gasteiger partial charge in [0.05, 0.1) is 28.3 Å². The third kappa shape index (κ3) is 4.77. The first-order valence-corrected chi connectivity index (χ1v) is 11.4. The van der Waals surface area contributed by atoms with Gasteiger partial charge in [0.2, 0.25) is 0 Å². The van der Waals surface area contributed by atoms with Crippen molar-refractivity contribution in [2.24, 2.45) is 0 Å². The lowest BCUT2D eigenvalue weighted by atomic mass is 10.1. The summed E-state index contributed by atoms with van der Waals surface area (Å²) in [5.41, 5.74) is 2.00. The number of aromatic amines is 1. The summed E-state index contributed by atoms with van der Waals surface area (Å²) in [4.78, 5) is 31.3. The number of fused-ring (bicyclic) bond motifs is 1. The number of amides is 1. The summed E-state index contributed by atoms with van der Waals surface area (Å²) in [5, 5.41) is 1.55. The number of nitrogens with one attached hydrogen (secondary N) is 1. The van der Waals surface area contributed by atoms with Gasteiger partial charge < -0.3 is 19.4 Å². The van der Waals surface area contributed by atoms with Crippen molar-refractivity contribution in [3.63, 3.8) is 0 Å². The van der Waals surface area contributed by atoms with Crippen molar-refractivity contribution in [2.75, 3.05) is 19.8 Å². The summed E-state index contributed by atoms with van der Waals surface area (Å²) < 4.78 is 11.0. The van der Waals surface area contributed by atoms with Crippen LogP contribution < -0.4 is 0 Å². The second kappa shape index (κ2) is 9.94. The fourth-order valence-corrected chi connectivity index (χ4v) is 4.31. The van der Waals surface area contributed by atoms with Crippen LogP contribution in [0.3, 0.4) is 0 Å². The lowest BCUT2D eigenvalue weighted by Crippen LogP contribution is -2.37. The molecular weight excluding hydrogens is 451 g/mol. The number of esters is 1. The van der Waals surface area contributed by atoms with Gasteiger partial charge in [-0.05, 0) is 43.5 Å². The average Bonchev–Trinajstić information content (AvgIpc) is 3.43. The van der Waals surface area contributed by atoms with Gasteiger partial charge in [0.15, 0.2) is 0 Å². The SMILES string of the molecule is CCOC(=O)c1[nH]c2ccccc2c1C(=O)N(Cc1ccc(Cl)c(Cl)c1)CC1CCCO1. The molecule has 0 bridgehead atoms. The van der Waals surface area contributed by atoms with E-state index in [0.29, 0.717) is 46.2 Å². The Morgan fingerprint density at radius 3 is 2.72 bits per heavy atom. The van der Waals surface area contributed by atoms with E-state index >= 15 is 0 Å². The van der Waals surface area contributed by atoms with Crippen LogP contribution in [-0.2, 0) is 16.0 Å². The highest BCUT2D eigenvalue weighted by Crippen LogP contribution is 2.28. The first-order valence-electron chi connectivity index (χ1n) is 10.6. The summed E-state index contributed by atoms with van der Waals surface area (Å²) in [6.45, 7) is 3.33. The minimum absolute atomic E-state index is 0.0574. The average molecular weight is 475 g/mol. The number of carbonyl (C=O) groups is 2. The summed E-state index contributed by atoms with van der Waals surface area (Å²) in [5.74, 6) is -0.828. The Morgan fingerprint density at radius 1 is 1.19 bits per heavy atom. The molecule has 0 radical (unpaired) electrons. The number of benzene rings is 2. The molecule has 1 aliphatic rings. The zero-order chi connectivity index (χ0) is 22.7. The molecule has 1 aromatic heterocycles. The second-order valence-electron chi connectivity index (χ2n) is 7.71. The fraction of sp³-hybridized carbons (Fsp3) is 0.333. The molecule has 0 aliphatic carbocycles. The van der Waals surface area contributed by atoms with Crippen LogP contribution in [-0.4, -0.2) is 47.6 Å². The van der Waals surface area contributed by atoms with E-state index in [1.807, 2.05) is 30.3 Å². The molecule has 1 unspecified atom stereocenters.